The molecule has 4 rings (SSSR count). The van der Waals surface area contributed by atoms with E-state index < -0.39 is 0 Å². The van der Waals surface area contributed by atoms with E-state index in [0.29, 0.717) is 17.7 Å². The summed E-state index contributed by atoms with van der Waals surface area (Å²) in [5.74, 6) is 4.28. The summed E-state index contributed by atoms with van der Waals surface area (Å²) in [7, 11) is 0. The molecule has 0 spiro atoms. The van der Waals surface area contributed by atoms with Gasteiger partial charge in [0, 0.05) is 44.1 Å². The predicted octanol–water partition coefficient (Wildman–Crippen LogP) is 2.17. The zero-order valence-corrected chi connectivity index (χ0v) is 14.9. The molecular weight excluding hydrogens is 318 g/mol. The van der Waals surface area contributed by atoms with Gasteiger partial charge in [0.25, 0.3) is 0 Å². The number of aryl methyl sites for hydroxylation is 2. The fraction of sp³-hybridized carbons (Fsp3) is 0.667. The Morgan fingerprint density at radius 3 is 2.56 bits per heavy atom. The summed E-state index contributed by atoms with van der Waals surface area (Å²) >= 11 is 0. The quantitative estimate of drug-likeness (QED) is 0.910. The highest BCUT2D eigenvalue weighted by Crippen LogP contribution is 2.37. The van der Waals surface area contributed by atoms with Crippen LogP contribution in [0.1, 0.15) is 54.8 Å². The Bertz CT molecular complexity index is 733. The lowest BCUT2D eigenvalue weighted by atomic mass is 9.80. The van der Waals surface area contributed by atoms with Crippen molar-refractivity contribution in [3.05, 3.63) is 29.3 Å². The lowest BCUT2D eigenvalue weighted by Crippen LogP contribution is -2.35. The molecule has 0 amide bonds. The fourth-order valence-corrected chi connectivity index (χ4v) is 3.82. The summed E-state index contributed by atoms with van der Waals surface area (Å²) in [4.78, 5) is 15.9. The molecule has 3 heterocycles. The number of piperidine rings is 1. The molecule has 25 heavy (non-hydrogen) atoms. The molecule has 7 nitrogen and oxygen atoms in total. The number of hydrogen-bond donors (Lipinski definition) is 1. The van der Waals surface area contributed by atoms with Crippen molar-refractivity contribution in [1.29, 1.82) is 0 Å². The zero-order valence-electron chi connectivity index (χ0n) is 14.9. The van der Waals surface area contributed by atoms with Crippen LogP contribution in [0, 0.1) is 19.8 Å². The third-order valence-electron chi connectivity index (χ3n) is 5.36. The van der Waals surface area contributed by atoms with Gasteiger partial charge in [-0.15, -0.1) is 0 Å². The van der Waals surface area contributed by atoms with Crippen LogP contribution < -0.4 is 4.90 Å². The number of aromatic nitrogens is 4. The van der Waals surface area contributed by atoms with Gasteiger partial charge in [0.15, 0.2) is 5.82 Å². The van der Waals surface area contributed by atoms with Gasteiger partial charge in [0.1, 0.15) is 11.6 Å². The van der Waals surface area contributed by atoms with Crippen LogP contribution in [0.5, 0.6) is 0 Å². The first kappa shape index (κ1) is 16.4. The minimum atomic E-state index is -0.159. The second-order valence-electron chi connectivity index (χ2n) is 7.38. The number of hydrogen-bond acceptors (Lipinski definition) is 7. The predicted molar refractivity (Wildman–Crippen MR) is 92.4 cm³/mol. The molecule has 1 N–H and O–H groups in total. The molecule has 0 atom stereocenters. The van der Waals surface area contributed by atoms with Gasteiger partial charge in [-0.3, -0.25) is 0 Å². The molecule has 1 saturated heterocycles. The number of anilines is 1. The van der Waals surface area contributed by atoms with Gasteiger partial charge in [0.05, 0.1) is 6.10 Å². The summed E-state index contributed by atoms with van der Waals surface area (Å²) in [5.41, 5.74) is 1.08. The van der Waals surface area contributed by atoms with Crippen LogP contribution >= 0.6 is 0 Å². The molecule has 2 fully saturated rings. The van der Waals surface area contributed by atoms with Crippen molar-refractivity contribution >= 4 is 5.82 Å². The number of rotatable bonds is 4. The third kappa shape index (κ3) is 3.66. The van der Waals surface area contributed by atoms with E-state index in [1.165, 1.54) is 0 Å². The van der Waals surface area contributed by atoms with E-state index in [2.05, 4.69) is 31.1 Å². The van der Waals surface area contributed by atoms with Gasteiger partial charge in [-0.05, 0) is 38.5 Å². The molecule has 7 heteroatoms. The Kier molecular flexibility index (Phi) is 4.41. The van der Waals surface area contributed by atoms with Gasteiger partial charge >= 0.3 is 0 Å². The number of aliphatic hydroxyl groups excluding tert-OH is 1. The van der Waals surface area contributed by atoms with Gasteiger partial charge in [-0.25, -0.2) is 9.97 Å². The van der Waals surface area contributed by atoms with Crippen LogP contribution in [0.4, 0.5) is 5.82 Å². The summed E-state index contributed by atoms with van der Waals surface area (Å²) in [6, 6.07) is 2.12. The largest absolute Gasteiger partial charge is 0.393 e. The third-order valence-corrected chi connectivity index (χ3v) is 5.36. The van der Waals surface area contributed by atoms with Crippen LogP contribution in [0.15, 0.2) is 10.6 Å². The maximum absolute atomic E-state index is 9.55. The van der Waals surface area contributed by atoms with E-state index in [1.807, 2.05) is 13.8 Å². The van der Waals surface area contributed by atoms with E-state index in [4.69, 9.17) is 4.52 Å². The van der Waals surface area contributed by atoms with Gasteiger partial charge in [0.2, 0.25) is 5.89 Å². The Morgan fingerprint density at radius 2 is 1.92 bits per heavy atom. The molecule has 1 saturated carbocycles. The Labute approximate surface area is 147 Å². The topological polar surface area (TPSA) is 88.2 Å². The van der Waals surface area contributed by atoms with Crippen molar-refractivity contribution in [2.24, 2.45) is 5.92 Å². The SMILES string of the molecule is Cc1nc(C2CC(O)C2)cc(N2CCC(Cc3noc(C)n3)CC2)n1. The normalized spacial score (nSPS) is 24.4. The second kappa shape index (κ2) is 6.71. The maximum atomic E-state index is 9.55. The molecule has 1 aliphatic heterocycles. The van der Waals surface area contributed by atoms with E-state index in [9.17, 15) is 5.11 Å². The molecule has 0 radical (unpaired) electrons. The van der Waals surface area contributed by atoms with Crippen molar-refractivity contribution in [1.82, 2.24) is 20.1 Å². The van der Waals surface area contributed by atoms with Crippen LogP contribution in [0.2, 0.25) is 0 Å². The van der Waals surface area contributed by atoms with E-state index in [1.54, 1.807) is 0 Å². The lowest BCUT2D eigenvalue weighted by molar-refractivity contribution is 0.0731. The standard InChI is InChI=1S/C18H25N5O2/c1-11-19-16(14-8-15(24)9-14)10-18(20-11)23-5-3-13(4-6-23)7-17-21-12(2)25-22-17/h10,13-15,24H,3-9H2,1-2H3. The highest BCUT2D eigenvalue weighted by molar-refractivity contribution is 5.41. The summed E-state index contributed by atoms with van der Waals surface area (Å²) in [6.07, 6.45) is 4.58. The number of nitrogens with zero attached hydrogens (tertiary/aromatic N) is 5. The van der Waals surface area contributed by atoms with Crippen molar-refractivity contribution in [3.63, 3.8) is 0 Å². The van der Waals surface area contributed by atoms with Crippen LogP contribution in [-0.4, -0.2) is 44.4 Å². The fourth-order valence-electron chi connectivity index (χ4n) is 3.82. The van der Waals surface area contributed by atoms with Crippen molar-refractivity contribution in [2.45, 2.75) is 58.0 Å². The minimum Gasteiger partial charge on any atom is -0.393 e. The zero-order chi connectivity index (χ0) is 17.4. The first-order valence-electron chi connectivity index (χ1n) is 9.14. The molecule has 0 unspecified atom stereocenters. The Morgan fingerprint density at radius 1 is 1.16 bits per heavy atom. The highest BCUT2D eigenvalue weighted by Gasteiger charge is 2.31. The van der Waals surface area contributed by atoms with Crippen molar-refractivity contribution < 1.29 is 9.63 Å². The highest BCUT2D eigenvalue weighted by atomic mass is 16.5. The summed E-state index contributed by atoms with van der Waals surface area (Å²) in [6.45, 7) is 5.76. The summed E-state index contributed by atoms with van der Waals surface area (Å²) < 4.78 is 5.06. The van der Waals surface area contributed by atoms with E-state index >= 15 is 0 Å². The van der Waals surface area contributed by atoms with Gasteiger partial charge in [-0.1, -0.05) is 5.16 Å². The monoisotopic (exact) mass is 343 g/mol. The van der Waals surface area contributed by atoms with Crippen molar-refractivity contribution in [3.8, 4) is 0 Å². The lowest BCUT2D eigenvalue weighted by Gasteiger charge is -2.34. The molecule has 0 bridgehead atoms. The Balaban J connectivity index is 1.38. The molecule has 0 aromatic carbocycles. The van der Waals surface area contributed by atoms with Crippen molar-refractivity contribution in [2.75, 3.05) is 18.0 Å². The number of aliphatic hydroxyl groups is 1. The average molecular weight is 343 g/mol. The average Bonchev–Trinajstić information content (AvgIpc) is 2.97. The van der Waals surface area contributed by atoms with Crippen LogP contribution in [0.3, 0.4) is 0 Å². The minimum absolute atomic E-state index is 0.159. The van der Waals surface area contributed by atoms with E-state index in [0.717, 1.165) is 68.4 Å². The molecule has 134 valence electrons. The first-order valence-corrected chi connectivity index (χ1v) is 9.14. The van der Waals surface area contributed by atoms with E-state index in [-0.39, 0.29) is 6.10 Å². The maximum Gasteiger partial charge on any atom is 0.223 e. The second-order valence-corrected chi connectivity index (χ2v) is 7.38. The molecular formula is C18H25N5O2. The van der Waals surface area contributed by atoms with Crippen LogP contribution in [-0.2, 0) is 6.42 Å². The molecule has 2 aromatic heterocycles. The molecule has 2 aliphatic rings. The smallest absolute Gasteiger partial charge is 0.223 e. The van der Waals surface area contributed by atoms with Gasteiger partial charge in [-0.2, -0.15) is 4.98 Å². The van der Waals surface area contributed by atoms with Gasteiger partial charge < -0.3 is 14.5 Å². The Hall–Kier alpha value is -2.02. The summed E-state index contributed by atoms with van der Waals surface area (Å²) in [5, 5.41) is 13.6. The molecule has 2 aromatic rings. The first-order chi connectivity index (χ1) is 12.1. The molecule has 1 aliphatic carbocycles. The van der Waals surface area contributed by atoms with Crippen LogP contribution in [0.25, 0.3) is 0 Å².